The SMILES string of the molecule is CC(N)C(c1ccsc1)N1CCOC(C)(C)C1. The molecule has 0 saturated carbocycles. The first-order valence-electron chi connectivity index (χ1n) is 6.15. The van der Waals surface area contributed by atoms with Gasteiger partial charge in [0.1, 0.15) is 0 Å². The van der Waals surface area contributed by atoms with Gasteiger partial charge in [-0.25, -0.2) is 0 Å². The van der Waals surface area contributed by atoms with Crippen LogP contribution in [0.5, 0.6) is 0 Å². The summed E-state index contributed by atoms with van der Waals surface area (Å²) in [4.78, 5) is 2.45. The van der Waals surface area contributed by atoms with E-state index in [1.807, 2.05) is 0 Å². The van der Waals surface area contributed by atoms with Crippen LogP contribution in [0.1, 0.15) is 32.4 Å². The second-order valence-corrected chi connectivity index (χ2v) is 6.22. The van der Waals surface area contributed by atoms with E-state index in [1.54, 1.807) is 11.3 Å². The zero-order valence-corrected chi connectivity index (χ0v) is 11.7. The maximum Gasteiger partial charge on any atom is 0.0753 e. The van der Waals surface area contributed by atoms with Gasteiger partial charge in [-0.3, -0.25) is 4.90 Å². The predicted octanol–water partition coefficient (Wildman–Crippen LogP) is 2.25. The van der Waals surface area contributed by atoms with Gasteiger partial charge in [0.25, 0.3) is 0 Å². The standard InChI is InChI=1S/C13H22N2OS/c1-10(14)12(11-4-7-17-8-11)15-5-6-16-13(2,3)9-15/h4,7-8,10,12H,5-6,9,14H2,1-3H3. The number of hydrogen-bond acceptors (Lipinski definition) is 4. The molecule has 0 amide bonds. The first-order chi connectivity index (χ1) is 7.99. The van der Waals surface area contributed by atoms with E-state index in [4.69, 9.17) is 10.5 Å². The Morgan fingerprint density at radius 3 is 2.82 bits per heavy atom. The van der Waals surface area contributed by atoms with Crippen molar-refractivity contribution in [3.63, 3.8) is 0 Å². The van der Waals surface area contributed by atoms with Gasteiger partial charge in [0.15, 0.2) is 0 Å². The van der Waals surface area contributed by atoms with Crippen LogP contribution in [0.4, 0.5) is 0 Å². The molecular weight excluding hydrogens is 232 g/mol. The first-order valence-corrected chi connectivity index (χ1v) is 7.09. The molecular formula is C13H22N2OS. The van der Waals surface area contributed by atoms with E-state index in [2.05, 4.69) is 42.5 Å². The summed E-state index contributed by atoms with van der Waals surface area (Å²) in [5.41, 5.74) is 7.44. The maximum absolute atomic E-state index is 6.17. The van der Waals surface area contributed by atoms with Crippen LogP contribution >= 0.6 is 11.3 Å². The van der Waals surface area contributed by atoms with Crippen LogP contribution in [0.15, 0.2) is 16.8 Å². The lowest BCUT2D eigenvalue weighted by Crippen LogP contribution is -2.52. The van der Waals surface area contributed by atoms with Crippen LogP contribution in [0, 0.1) is 0 Å². The fraction of sp³-hybridized carbons (Fsp3) is 0.692. The first kappa shape index (κ1) is 13.0. The average molecular weight is 254 g/mol. The molecule has 0 spiro atoms. The van der Waals surface area contributed by atoms with E-state index in [-0.39, 0.29) is 11.6 Å². The molecule has 1 saturated heterocycles. The molecule has 1 aliphatic rings. The summed E-state index contributed by atoms with van der Waals surface area (Å²) in [6, 6.07) is 2.63. The van der Waals surface area contributed by atoms with Gasteiger partial charge in [-0.05, 0) is 43.2 Å². The minimum atomic E-state index is -0.0680. The van der Waals surface area contributed by atoms with Gasteiger partial charge in [-0.2, -0.15) is 11.3 Å². The number of hydrogen-bond donors (Lipinski definition) is 1. The molecule has 2 unspecified atom stereocenters. The molecule has 1 aromatic rings. The summed E-state index contributed by atoms with van der Waals surface area (Å²) < 4.78 is 5.76. The van der Waals surface area contributed by atoms with Crippen LogP contribution in [0.2, 0.25) is 0 Å². The Morgan fingerprint density at radius 1 is 1.53 bits per heavy atom. The van der Waals surface area contributed by atoms with Gasteiger partial charge in [0.2, 0.25) is 0 Å². The van der Waals surface area contributed by atoms with E-state index in [9.17, 15) is 0 Å². The third-order valence-corrected chi connectivity index (χ3v) is 3.93. The second-order valence-electron chi connectivity index (χ2n) is 5.44. The highest BCUT2D eigenvalue weighted by molar-refractivity contribution is 7.07. The van der Waals surface area contributed by atoms with Crippen LogP contribution < -0.4 is 5.73 Å². The van der Waals surface area contributed by atoms with E-state index < -0.39 is 0 Å². The highest BCUT2D eigenvalue weighted by Gasteiger charge is 2.33. The zero-order valence-electron chi connectivity index (χ0n) is 10.8. The van der Waals surface area contributed by atoms with Gasteiger partial charge in [0.05, 0.1) is 18.2 Å². The molecule has 3 nitrogen and oxygen atoms in total. The summed E-state index contributed by atoms with van der Waals surface area (Å²) in [5.74, 6) is 0. The third kappa shape index (κ3) is 3.07. The Balaban J connectivity index is 2.17. The van der Waals surface area contributed by atoms with Gasteiger partial charge in [-0.15, -0.1) is 0 Å². The molecule has 0 aliphatic carbocycles. The predicted molar refractivity (Wildman–Crippen MR) is 72.3 cm³/mol. The van der Waals surface area contributed by atoms with Crippen molar-refractivity contribution in [1.82, 2.24) is 4.90 Å². The van der Waals surface area contributed by atoms with Crippen molar-refractivity contribution in [2.45, 2.75) is 38.5 Å². The van der Waals surface area contributed by atoms with Gasteiger partial charge >= 0.3 is 0 Å². The molecule has 4 heteroatoms. The summed E-state index contributed by atoms with van der Waals surface area (Å²) in [6.07, 6.45) is 0. The summed E-state index contributed by atoms with van der Waals surface area (Å²) in [5, 5.41) is 4.33. The molecule has 0 aromatic carbocycles. The van der Waals surface area contributed by atoms with Gasteiger partial charge in [0, 0.05) is 19.1 Å². The summed E-state index contributed by atoms with van der Waals surface area (Å²) in [6.45, 7) is 9.07. The highest BCUT2D eigenvalue weighted by atomic mass is 32.1. The van der Waals surface area contributed by atoms with E-state index in [1.165, 1.54) is 5.56 Å². The third-order valence-electron chi connectivity index (χ3n) is 3.23. The van der Waals surface area contributed by atoms with Crippen molar-refractivity contribution in [3.05, 3.63) is 22.4 Å². The van der Waals surface area contributed by atoms with Crippen LogP contribution in [-0.4, -0.2) is 36.2 Å². The molecule has 1 aliphatic heterocycles. The highest BCUT2D eigenvalue weighted by Crippen LogP contribution is 2.29. The topological polar surface area (TPSA) is 38.5 Å². The van der Waals surface area contributed by atoms with E-state index in [0.717, 1.165) is 19.7 Å². The quantitative estimate of drug-likeness (QED) is 0.899. The Hall–Kier alpha value is -0.420. The normalized spacial score (nSPS) is 24.5. The molecule has 1 fully saturated rings. The zero-order chi connectivity index (χ0) is 12.5. The monoisotopic (exact) mass is 254 g/mol. The summed E-state index contributed by atoms with van der Waals surface area (Å²) in [7, 11) is 0. The molecule has 1 aromatic heterocycles. The summed E-state index contributed by atoms with van der Waals surface area (Å²) >= 11 is 1.74. The van der Waals surface area contributed by atoms with Crippen LogP contribution in [0.3, 0.4) is 0 Å². The number of nitrogens with two attached hydrogens (primary N) is 1. The fourth-order valence-corrected chi connectivity index (χ4v) is 3.27. The molecule has 17 heavy (non-hydrogen) atoms. The number of nitrogens with zero attached hydrogens (tertiary/aromatic N) is 1. The molecule has 2 N–H and O–H groups in total. The molecule has 0 radical (unpaired) electrons. The Labute approximate surface area is 108 Å². The minimum absolute atomic E-state index is 0.0680. The lowest BCUT2D eigenvalue weighted by atomic mass is 9.98. The van der Waals surface area contributed by atoms with Crippen molar-refractivity contribution in [2.24, 2.45) is 5.73 Å². The van der Waals surface area contributed by atoms with Crippen LogP contribution in [-0.2, 0) is 4.74 Å². The number of rotatable bonds is 3. The molecule has 2 heterocycles. The molecule has 96 valence electrons. The molecule has 2 rings (SSSR count). The maximum atomic E-state index is 6.17. The Kier molecular flexibility index (Phi) is 3.88. The van der Waals surface area contributed by atoms with Crippen LogP contribution in [0.25, 0.3) is 0 Å². The number of thiophene rings is 1. The van der Waals surface area contributed by atoms with Gasteiger partial charge < -0.3 is 10.5 Å². The van der Waals surface area contributed by atoms with Gasteiger partial charge in [-0.1, -0.05) is 0 Å². The lowest BCUT2D eigenvalue weighted by molar-refractivity contribution is -0.0995. The smallest absolute Gasteiger partial charge is 0.0753 e. The van der Waals surface area contributed by atoms with E-state index in [0.29, 0.717) is 6.04 Å². The van der Waals surface area contributed by atoms with Crippen molar-refractivity contribution in [3.8, 4) is 0 Å². The van der Waals surface area contributed by atoms with Crippen molar-refractivity contribution >= 4 is 11.3 Å². The molecule has 2 atom stereocenters. The minimum Gasteiger partial charge on any atom is -0.373 e. The number of ether oxygens (including phenoxy) is 1. The molecule has 0 bridgehead atoms. The average Bonchev–Trinajstić information content (AvgIpc) is 2.69. The van der Waals surface area contributed by atoms with Crippen molar-refractivity contribution in [2.75, 3.05) is 19.7 Å². The van der Waals surface area contributed by atoms with Crippen molar-refractivity contribution < 1.29 is 4.74 Å². The lowest BCUT2D eigenvalue weighted by Gasteiger charge is -2.43. The largest absolute Gasteiger partial charge is 0.373 e. The Morgan fingerprint density at radius 2 is 2.29 bits per heavy atom. The van der Waals surface area contributed by atoms with Crippen molar-refractivity contribution in [1.29, 1.82) is 0 Å². The number of morpholine rings is 1. The van der Waals surface area contributed by atoms with E-state index >= 15 is 0 Å². The Bertz CT molecular complexity index is 348. The fourth-order valence-electron chi connectivity index (χ4n) is 2.58. The second kappa shape index (κ2) is 5.06.